The Hall–Kier alpha value is -2.94. The summed E-state index contributed by atoms with van der Waals surface area (Å²) < 4.78 is 9.89. The molecule has 2 rings (SSSR count). The van der Waals surface area contributed by atoms with Crippen molar-refractivity contribution >= 4 is 34.9 Å². The number of thiazole rings is 1. The van der Waals surface area contributed by atoms with Gasteiger partial charge in [0.1, 0.15) is 10.6 Å². The van der Waals surface area contributed by atoms with E-state index in [-0.39, 0.29) is 0 Å². The first-order chi connectivity index (χ1) is 11.9. The van der Waals surface area contributed by atoms with Crippen molar-refractivity contribution in [2.45, 2.75) is 13.8 Å². The van der Waals surface area contributed by atoms with Gasteiger partial charge in [0, 0.05) is 5.69 Å². The van der Waals surface area contributed by atoms with Gasteiger partial charge in [0.05, 0.1) is 17.8 Å². The number of hydrogen-bond donors (Lipinski definition) is 2. The Morgan fingerprint density at radius 3 is 2.40 bits per heavy atom. The third-order valence-corrected chi connectivity index (χ3v) is 4.08. The molecule has 0 bridgehead atoms. The van der Waals surface area contributed by atoms with E-state index in [1.807, 2.05) is 0 Å². The SMILES string of the molecule is COc1ccc(NC(=O)NC(=O)COC(=O)c2sc(C)nc2C)cc1. The number of aryl methyl sites for hydroxylation is 2. The largest absolute Gasteiger partial charge is 0.497 e. The van der Waals surface area contributed by atoms with Crippen LogP contribution in [-0.2, 0) is 9.53 Å². The minimum absolute atomic E-state index is 0.341. The number of esters is 1. The van der Waals surface area contributed by atoms with Crippen molar-refractivity contribution < 1.29 is 23.9 Å². The minimum atomic E-state index is -0.738. The monoisotopic (exact) mass is 363 g/mol. The summed E-state index contributed by atoms with van der Waals surface area (Å²) in [5, 5.41) is 5.28. The number of anilines is 1. The zero-order valence-electron chi connectivity index (χ0n) is 13.9. The van der Waals surface area contributed by atoms with Crippen LogP contribution in [0.2, 0.25) is 0 Å². The highest BCUT2D eigenvalue weighted by molar-refractivity contribution is 7.13. The Morgan fingerprint density at radius 1 is 1.16 bits per heavy atom. The van der Waals surface area contributed by atoms with Crippen molar-refractivity contribution in [1.29, 1.82) is 0 Å². The lowest BCUT2D eigenvalue weighted by molar-refractivity contribution is -0.123. The first-order valence-corrected chi connectivity index (χ1v) is 8.06. The van der Waals surface area contributed by atoms with Crippen molar-refractivity contribution in [2.24, 2.45) is 0 Å². The second-order valence-electron chi connectivity index (χ2n) is 4.95. The number of carbonyl (C=O) groups excluding carboxylic acids is 3. The fourth-order valence-electron chi connectivity index (χ4n) is 1.92. The maximum absolute atomic E-state index is 11.9. The molecule has 8 nitrogen and oxygen atoms in total. The fourth-order valence-corrected chi connectivity index (χ4v) is 2.73. The summed E-state index contributed by atoms with van der Waals surface area (Å²) in [4.78, 5) is 39.7. The number of aromatic nitrogens is 1. The van der Waals surface area contributed by atoms with E-state index >= 15 is 0 Å². The van der Waals surface area contributed by atoms with Gasteiger partial charge in [-0.1, -0.05) is 0 Å². The molecule has 9 heteroatoms. The summed E-state index contributed by atoms with van der Waals surface area (Å²) in [6.07, 6.45) is 0. The first-order valence-electron chi connectivity index (χ1n) is 7.25. The van der Waals surface area contributed by atoms with Crippen molar-refractivity contribution in [3.63, 3.8) is 0 Å². The molecule has 0 radical (unpaired) electrons. The fraction of sp³-hybridized carbons (Fsp3) is 0.250. The lowest BCUT2D eigenvalue weighted by Gasteiger charge is -2.08. The highest BCUT2D eigenvalue weighted by Gasteiger charge is 2.17. The highest BCUT2D eigenvalue weighted by Crippen LogP contribution is 2.18. The zero-order chi connectivity index (χ0) is 18.4. The molecular formula is C16H17N3O5S. The number of ether oxygens (including phenoxy) is 2. The number of hydrogen-bond acceptors (Lipinski definition) is 7. The van der Waals surface area contributed by atoms with Crippen molar-refractivity contribution in [2.75, 3.05) is 19.0 Å². The summed E-state index contributed by atoms with van der Waals surface area (Å²) in [5.41, 5.74) is 1.03. The van der Waals surface area contributed by atoms with E-state index in [0.717, 1.165) is 5.01 Å². The number of carbonyl (C=O) groups is 3. The van der Waals surface area contributed by atoms with E-state index in [9.17, 15) is 14.4 Å². The van der Waals surface area contributed by atoms with Gasteiger partial charge < -0.3 is 14.8 Å². The Labute approximate surface area is 148 Å². The van der Waals surface area contributed by atoms with Crippen LogP contribution in [-0.4, -0.2) is 36.6 Å². The molecule has 2 aromatic rings. The average molecular weight is 363 g/mol. The third kappa shape index (κ3) is 5.28. The van der Waals surface area contributed by atoms with Crippen molar-refractivity contribution in [1.82, 2.24) is 10.3 Å². The van der Waals surface area contributed by atoms with Gasteiger partial charge in [0.15, 0.2) is 6.61 Å². The van der Waals surface area contributed by atoms with Crippen LogP contribution in [0.4, 0.5) is 10.5 Å². The Balaban J connectivity index is 1.80. The molecule has 0 unspecified atom stereocenters. The molecular weight excluding hydrogens is 346 g/mol. The smallest absolute Gasteiger partial charge is 0.350 e. The van der Waals surface area contributed by atoms with E-state index in [1.54, 1.807) is 38.1 Å². The van der Waals surface area contributed by atoms with Crippen LogP contribution < -0.4 is 15.4 Å². The van der Waals surface area contributed by atoms with Gasteiger partial charge in [-0.05, 0) is 38.1 Å². The molecule has 1 aromatic heterocycles. The van der Waals surface area contributed by atoms with Gasteiger partial charge in [0.2, 0.25) is 0 Å². The lowest BCUT2D eigenvalue weighted by Crippen LogP contribution is -2.37. The van der Waals surface area contributed by atoms with Gasteiger partial charge >= 0.3 is 12.0 Å². The standard InChI is InChI=1S/C16H17N3O5S/c1-9-14(25-10(2)17-9)15(21)24-8-13(20)19-16(22)18-11-4-6-12(23-3)7-5-11/h4-7H,8H2,1-3H3,(H2,18,19,20,22). The van der Waals surface area contributed by atoms with Crippen molar-refractivity contribution in [3.05, 3.63) is 39.8 Å². The molecule has 1 heterocycles. The molecule has 1 aromatic carbocycles. The quantitative estimate of drug-likeness (QED) is 0.789. The maximum Gasteiger partial charge on any atom is 0.350 e. The van der Waals surface area contributed by atoms with Crippen LogP contribution in [0.25, 0.3) is 0 Å². The zero-order valence-corrected chi connectivity index (χ0v) is 14.7. The van der Waals surface area contributed by atoms with E-state index in [2.05, 4.69) is 15.6 Å². The second-order valence-corrected chi connectivity index (χ2v) is 6.16. The molecule has 0 aliphatic heterocycles. The molecule has 3 amide bonds. The second kappa shape index (κ2) is 8.25. The number of methoxy groups -OCH3 is 1. The molecule has 0 aliphatic rings. The number of benzene rings is 1. The van der Waals surface area contributed by atoms with Gasteiger partial charge in [0.25, 0.3) is 5.91 Å². The number of rotatable bonds is 5. The van der Waals surface area contributed by atoms with Crippen LogP contribution in [0.5, 0.6) is 5.75 Å². The molecule has 25 heavy (non-hydrogen) atoms. The number of urea groups is 1. The third-order valence-electron chi connectivity index (χ3n) is 3.02. The topological polar surface area (TPSA) is 107 Å². The van der Waals surface area contributed by atoms with E-state index < -0.39 is 24.5 Å². The number of nitrogens with one attached hydrogen (secondary N) is 2. The molecule has 2 N–H and O–H groups in total. The van der Waals surface area contributed by atoms with Crippen LogP contribution in [0.1, 0.15) is 20.4 Å². The van der Waals surface area contributed by atoms with Gasteiger partial charge in [-0.3, -0.25) is 10.1 Å². The summed E-state index contributed by atoms with van der Waals surface area (Å²) in [6.45, 7) is 2.89. The molecule has 0 fully saturated rings. The Bertz CT molecular complexity index is 786. The Kier molecular flexibility index (Phi) is 6.07. The molecule has 0 saturated carbocycles. The van der Waals surface area contributed by atoms with E-state index in [4.69, 9.17) is 9.47 Å². The van der Waals surface area contributed by atoms with Crippen LogP contribution in [0, 0.1) is 13.8 Å². The summed E-state index contributed by atoms with van der Waals surface area (Å²) in [5.74, 6) is -0.741. The highest BCUT2D eigenvalue weighted by atomic mass is 32.1. The van der Waals surface area contributed by atoms with Gasteiger partial charge in [-0.25, -0.2) is 14.6 Å². The number of nitrogens with zero attached hydrogens (tertiary/aromatic N) is 1. The molecule has 0 aliphatic carbocycles. The minimum Gasteiger partial charge on any atom is -0.497 e. The van der Waals surface area contributed by atoms with Crippen LogP contribution in [0.3, 0.4) is 0 Å². The number of amides is 3. The summed E-state index contributed by atoms with van der Waals surface area (Å²) >= 11 is 1.19. The van der Waals surface area contributed by atoms with Gasteiger partial charge in [-0.2, -0.15) is 0 Å². The predicted molar refractivity (Wildman–Crippen MR) is 92.0 cm³/mol. The molecule has 0 spiro atoms. The molecule has 132 valence electrons. The van der Waals surface area contributed by atoms with Crippen LogP contribution in [0.15, 0.2) is 24.3 Å². The summed E-state index contributed by atoms with van der Waals surface area (Å²) in [7, 11) is 1.53. The van der Waals surface area contributed by atoms with Crippen molar-refractivity contribution in [3.8, 4) is 5.75 Å². The van der Waals surface area contributed by atoms with Crippen LogP contribution >= 0.6 is 11.3 Å². The van der Waals surface area contributed by atoms with Gasteiger partial charge in [-0.15, -0.1) is 11.3 Å². The average Bonchev–Trinajstić information content (AvgIpc) is 2.91. The predicted octanol–water partition coefficient (Wildman–Crippen LogP) is 2.27. The lowest BCUT2D eigenvalue weighted by atomic mass is 10.3. The summed E-state index contributed by atoms with van der Waals surface area (Å²) in [6, 6.07) is 5.85. The van der Waals surface area contributed by atoms with E-state index in [0.29, 0.717) is 22.0 Å². The normalized spacial score (nSPS) is 10.0. The van der Waals surface area contributed by atoms with E-state index in [1.165, 1.54) is 18.4 Å². The molecule has 0 atom stereocenters. The first kappa shape index (κ1) is 18.4. The molecule has 0 saturated heterocycles. The maximum atomic E-state index is 11.9. The Morgan fingerprint density at radius 2 is 1.84 bits per heavy atom. The number of imide groups is 1.